The third-order valence-corrected chi connectivity index (χ3v) is 6.85. The summed E-state index contributed by atoms with van der Waals surface area (Å²) in [6.07, 6.45) is 8.76. The lowest BCUT2D eigenvalue weighted by Gasteiger charge is -2.25. The molecule has 0 aliphatic heterocycles. The van der Waals surface area contributed by atoms with Gasteiger partial charge >= 0.3 is 0 Å². The number of benzene rings is 1. The number of nitrogens with one attached hydrogen (secondary N) is 2. The van der Waals surface area contributed by atoms with E-state index >= 15 is 0 Å². The molecule has 27 heavy (non-hydrogen) atoms. The summed E-state index contributed by atoms with van der Waals surface area (Å²) in [5.41, 5.74) is 1.01. The second kappa shape index (κ2) is 7.43. The second-order valence-electron chi connectivity index (χ2n) is 7.63. The van der Waals surface area contributed by atoms with Crippen molar-refractivity contribution in [1.29, 1.82) is 0 Å². The molecular weight excluding hydrogens is 358 g/mol. The maximum Gasteiger partial charge on any atom is 0.251 e. The Morgan fingerprint density at radius 1 is 1.22 bits per heavy atom. The number of aromatic nitrogens is 1. The van der Waals surface area contributed by atoms with Gasteiger partial charge in [-0.05, 0) is 36.0 Å². The molecule has 4 rings (SSSR count). The molecule has 2 saturated carbocycles. The summed E-state index contributed by atoms with van der Waals surface area (Å²) in [6, 6.07) is 7.57. The zero-order valence-electron chi connectivity index (χ0n) is 15.5. The summed E-state index contributed by atoms with van der Waals surface area (Å²) in [5.74, 6) is 0.825. The maximum atomic E-state index is 13.4. The third-order valence-electron chi connectivity index (χ3n) is 6.16. The minimum Gasteiger partial charge on any atom is -0.355 e. The number of rotatable bonds is 5. The Morgan fingerprint density at radius 3 is 2.74 bits per heavy atom. The van der Waals surface area contributed by atoms with Gasteiger partial charge in [0.25, 0.3) is 5.91 Å². The lowest BCUT2D eigenvalue weighted by atomic mass is 9.80. The molecule has 1 heterocycles. The van der Waals surface area contributed by atoms with E-state index in [1.165, 1.54) is 43.4 Å². The van der Waals surface area contributed by atoms with E-state index in [1.807, 2.05) is 23.6 Å². The fourth-order valence-electron chi connectivity index (χ4n) is 4.69. The molecule has 142 valence electrons. The fraction of sp³-hybridized carbons (Fsp3) is 0.476. The quantitative estimate of drug-likeness (QED) is 0.820. The van der Waals surface area contributed by atoms with Gasteiger partial charge in [0.15, 0.2) is 5.13 Å². The number of carbonyl (C=O) groups is 2. The largest absolute Gasteiger partial charge is 0.355 e. The highest BCUT2D eigenvalue weighted by Crippen LogP contribution is 2.61. The van der Waals surface area contributed by atoms with Crippen LogP contribution in [0.2, 0.25) is 0 Å². The zero-order chi connectivity index (χ0) is 18.9. The van der Waals surface area contributed by atoms with Crippen molar-refractivity contribution in [2.75, 3.05) is 12.4 Å². The molecule has 0 spiro atoms. The normalized spacial score (nSPS) is 25.0. The van der Waals surface area contributed by atoms with Gasteiger partial charge in [-0.25, -0.2) is 4.98 Å². The topological polar surface area (TPSA) is 71.1 Å². The lowest BCUT2D eigenvalue weighted by molar-refractivity contribution is -0.119. The average molecular weight is 384 g/mol. The molecular formula is C21H25N3O2S. The monoisotopic (exact) mass is 383 g/mol. The highest BCUT2D eigenvalue weighted by atomic mass is 32.1. The Hall–Kier alpha value is -2.21. The molecule has 2 amide bonds. The molecule has 2 aliphatic carbocycles. The Bertz CT molecular complexity index is 830. The molecule has 6 heteroatoms. The van der Waals surface area contributed by atoms with Crippen molar-refractivity contribution in [1.82, 2.24) is 10.3 Å². The molecule has 1 aromatic heterocycles. The van der Waals surface area contributed by atoms with Crippen LogP contribution in [0.3, 0.4) is 0 Å². The fourth-order valence-corrected chi connectivity index (χ4v) is 5.22. The summed E-state index contributed by atoms with van der Waals surface area (Å²) in [6.45, 7) is 0. The van der Waals surface area contributed by atoms with Crippen molar-refractivity contribution in [2.24, 2.45) is 11.8 Å². The molecule has 2 aliphatic rings. The minimum absolute atomic E-state index is 0.0158. The molecule has 2 fully saturated rings. The Kier molecular flexibility index (Phi) is 5.00. The Morgan fingerprint density at radius 2 is 2.04 bits per heavy atom. The van der Waals surface area contributed by atoms with Gasteiger partial charge in [-0.3, -0.25) is 9.59 Å². The molecule has 1 aromatic carbocycles. The van der Waals surface area contributed by atoms with Crippen molar-refractivity contribution in [3.8, 4) is 0 Å². The number of thiazole rings is 1. The van der Waals surface area contributed by atoms with Gasteiger partial charge in [0, 0.05) is 24.2 Å². The van der Waals surface area contributed by atoms with Gasteiger partial charge in [0.1, 0.15) is 0 Å². The van der Waals surface area contributed by atoms with E-state index in [0.29, 0.717) is 22.5 Å². The van der Waals surface area contributed by atoms with Crippen LogP contribution in [-0.4, -0.2) is 23.8 Å². The van der Waals surface area contributed by atoms with Gasteiger partial charge < -0.3 is 10.6 Å². The predicted octanol–water partition coefficient (Wildman–Crippen LogP) is 3.98. The van der Waals surface area contributed by atoms with Gasteiger partial charge in [-0.15, -0.1) is 11.3 Å². The molecule has 2 unspecified atom stereocenters. The summed E-state index contributed by atoms with van der Waals surface area (Å²) in [7, 11) is 1.63. The first kappa shape index (κ1) is 18.2. The van der Waals surface area contributed by atoms with E-state index in [4.69, 9.17) is 0 Å². The Labute approximate surface area is 163 Å². The molecule has 2 N–H and O–H groups in total. The van der Waals surface area contributed by atoms with Crippen LogP contribution >= 0.6 is 11.3 Å². The van der Waals surface area contributed by atoms with Crippen molar-refractivity contribution in [3.05, 3.63) is 47.0 Å². The van der Waals surface area contributed by atoms with Crippen LogP contribution in [0.5, 0.6) is 0 Å². The summed E-state index contributed by atoms with van der Waals surface area (Å²) < 4.78 is 0. The second-order valence-corrected chi connectivity index (χ2v) is 8.53. The number of nitrogens with zero attached hydrogens (tertiary/aromatic N) is 1. The minimum atomic E-state index is -0.544. The van der Waals surface area contributed by atoms with Gasteiger partial charge in [-0.1, -0.05) is 44.2 Å². The highest BCUT2D eigenvalue weighted by Gasteiger charge is 2.63. The van der Waals surface area contributed by atoms with E-state index in [-0.39, 0.29) is 11.8 Å². The molecule has 5 nitrogen and oxygen atoms in total. The molecule has 0 saturated heterocycles. The van der Waals surface area contributed by atoms with E-state index in [1.54, 1.807) is 19.3 Å². The SMILES string of the molecule is CNC(=O)c1cccc(C2(C(=O)Nc3nccs3)CC2C2CCCCC2)c1. The molecule has 0 radical (unpaired) electrons. The standard InChI is InChI=1S/C21H25N3O2S/c1-22-18(25)15-8-5-9-16(12-15)21(19(26)24-20-23-10-11-27-20)13-17(21)14-6-3-2-4-7-14/h5,8-12,14,17H,2-4,6-7,13H2,1H3,(H,22,25)(H,23,24,26). The van der Waals surface area contributed by atoms with Crippen molar-refractivity contribution in [3.63, 3.8) is 0 Å². The van der Waals surface area contributed by atoms with Crippen LogP contribution in [0.4, 0.5) is 5.13 Å². The molecule has 0 bridgehead atoms. The summed E-state index contributed by atoms with van der Waals surface area (Å²) >= 11 is 1.43. The number of carbonyl (C=O) groups excluding carboxylic acids is 2. The first-order valence-corrected chi connectivity index (χ1v) is 10.6. The number of hydrogen-bond donors (Lipinski definition) is 2. The zero-order valence-corrected chi connectivity index (χ0v) is 16.3. The highest BCUT2D eigenvalue weighted by molar-refractivity contribution is 7.13. The van der Waals surface area contributed by atoms with Crippen molar-refractivity contribution in [2.45, 2.75) is 43.9 Å². The molecule has 2 aromatic rings. The van der Waals surface area contributed by atoms with Crippen molar-refractivity contribution >= 4 is 28.3 Å². The summed E-state index contributed by atoms with van der Waals surface area (Å²) in [4.78, 5) is 29.7. The van der Waals surface area contributed by atoms with E-state index in [0.717, 1.165) is 12.0 Å². The third kappa shape index (κ3) is 3.38. The van der Waals surface area contributed by atoms with Gasteiger partial charge in [0.2, 0.25) is 5.91 Å². The van der Waals surface area contributed by atoms with Gasteiger partial charge in [-0.2, -0.15) is 0 Å². The van der Waals surface area contributed by atoms with E-state index in [2.05, 4.69) is 15.6 Å². The van der Waals surface area contributed by atoms with Gasteiger partial charge in [0.05, 0.1) is 5.41 Å². The van der Waals surface area contributed by atoms with Crippen LogP contribution < -0.4 is 10.6 Å². The average Bonchev–Trinajstić information content (AvgIpc) is 3.29. The van der Waals surface area contributed by atoms with E-state index in [9.17, 15) is 9.59 Å². The first-order valence-electron chi connectivity index (χ1n) is 9.68. The summed E-state index contributed by atoms with van der Waals surface area (Å²) in [5, 5.41) is 8.19. The number of hydrogen-bond acceptors (Lipinski definition) is 4. The first-order chi connectivity index (χ1) is 13.1. The van der Waals surface area contributed by atoms with Crippen LogP contribution in [0, 0.1) is 11.8 Å². The van der Waals surface area contributed by atoms with Crippen LogP contribution in [0.15, 0.2) is 35.8 Å². The van der Waals surface area contributed by atoms with Crippen LogP contribution in [-0.2, 0) is 10.2 Å². The van der Waals surface area contributed by atoms with Crippen LogP contribution in [0.25, 0.3) is 0 Å². The number of anilines is 1. The van der Waals surface area contributed by atoms with E-state index < -0.39 is 5.41 Å². The van der Waals surface area contributed by atoms with Crippen LogP contribution in [0.1, 0.15) is 54.4 Å². The maximum absolute atomic E-state index is 13.4. The number of amides is 2. The smallest absolute Gasteiger partial charge is 0.251 e. The lowest BCUT2D eigenvalue weighted by Crippen LogP contribution is -2.32. The molecule has 2 atom stereocenters. The Balaban J connectivity index is 1.67. The predicted molar refractivity (Wildman–Crippen MR) is 107 cm³/mol. The van der Waals surface area contributed by atoms with Crippen molar-refractivity contribution < 1.29 is 9.59 Å².